The highest BCUT2D eigenvalue weighted by Crippen LogP contribution is 2.18. The monoisotopic (exact) mass is 333 g/mol. The highest BCUT2D eigenvalue weighted by molar-refractivity contribution is 5.74. The van der Waals surface area contributed by atoms with Crippen molar-refractivity contribution in [1.29, 1.82) is 0 Å². The van der Waals surface area contributed by atoms with Gasteiger partial charge in [-0.05, 0) is 50.7 Å². The Labute approximate surface area is 145 Å². The average Bonchev–Trinajstić information content (AvgIpc) is 3.06. The molecule has 2 aliphatic heterocycles. The Morgan fingerprint density at radius 1 is 1.29 bits per heavy atom. The number of urea groups is 1. The van der Waals surface area contributed by atoms with Gasteiger partial charge in [-0.15, -0.1) is 0 Å². The summed E-state index contributed by atoms with van der Waals surface area (Å²) in [7, 11) is 0. The van der Waals surface area contributed by atoms with Crippen molar-refractivity contribution in [3.05, 3.63) is 18.2 Å². The Morgan fingerprint density at radius 2 is 2.08 bits per heavy atom. The molecule has 0 aliphatic carbocycles. The zero-order chi connectivity index (χ0) is 16.9. The van der Waals surface area contributed by atoms with Gasteiger partial charge in [0.05, 0.1) is 18.6 Å². The SMILES string of the molecule is CC(C)CCN1CCC(CNC(=O)N2CCn3cncc3C2)CC1. The minimum absolute atomic E-state index is 0.0738. The largest absolute Gasteiger partial charge is 0.338 e. The maximum Gasteiger partial charge on any atom is 0.317 e. The van der Waals surface area contributed by atoms with Gasteiger partial charge in [0.1, 0.15) is 0 Å². The van der Waals surface area contributed by atoms with Gasteiger partial charge in [0.2, 0.25) is 0 Å². The van der Waals surface area contributed by atoms with E-state index in [4.69, 9.17) is 0 Å². The number of piperidine rings is 1. The molecule has 0 aromatic carbocycles. The maximum absolute atomic E-state index is 12.4. The Balaban J connectivity index is 1.36. The molecule has 3 rings (SSSR count). The van der Waals surface area contributed by atoms with Crippen molar-refractivity contribution in [1.82, 2.24) is 24.7 Å². The van der Waals surface area contributed by atoms with Crippen LogP contribution in [0.3, 0.4) is 0 Å². The molecule has 1 aromatic heterocycles. The summed E-state index contributed by atoms with van der Waals surface area (Å²) in [6.45, 7) is 11.2. The summed E-state index contributed by atoms with van der Waals surface area (Å²) < 4.78 is 2.12. The van der Waals surface area contributed by atoms with Crippen LogP contribution in [0.2, 0.25) is 0 Å². The lowest BCUT2D eigenvalue weighted by Gasteiger charge is -2.33. The van der Waals surface area contributed by atoms with Crippen LogP contribution in [0.25, 0.3) is 0 Å². The van der Waals surface area contributed by atoms with Crippen molar-refractivity contribution >= 4 is 6.03 Å². The fraction of sp³-hybridized carbons (Fsp3) is 0.778. The van der Waals surface area contributed by atoms with Crippen LogP contribution in [0.15, 0.2) is 12.5 Å². The van der Waals surface area contributed by atoms with E-state index >= 15 is 0 Å². The second-order valence-electron chi connectivity index (χ2n) is 7.65. The third-order valence-corrected chi connectivity index (χ3v) is 5.32. The van der Waals surface area contributed by atoms with Gasteiger partial charge in [-0.2, -0.15) is 0 Å². The van der Waals surface area contributed by atoms with Crippen LogP contribution in [0.5, 0.6) is 0 Å². The zero-order valence-electron chi connectivity index (χ0n) is 15.1. The van der Waals surface area contributed by atoms with Gasteiger partial charge in [-0.3, -0.25) is 0 Å². The second kappa shape index (κ2) is 8.01. The summed E-state index contributed by atoms with van der Waals surface area (Å²) in [5.41, 5.74) is 1.12. The van der Waals surface area contributed by atoms with Crippen molar-refractivity contribution in [3.63, 3.8) is 0 Å². The Bertz CT molecular complexity index is 533. The lowest BCUT2D eigenvalue weighted by Crippen LogP contribution is -2.46. The topological polar surface area (TPSA) is 53.4 Å². The van der Waals surface area contributed by atoms with Crippen LogP contribution < -0.4 is 5.32 Å². The summed E-state index contributed by atoms with van der Waals surface area (Å²) in [5, 5.41) is 3.15. The van der Waals surface area contributed by atoms with E-state index in [1.165, 1.54) is 38.9 Å². The third kappa shape index (κ3) is 4.50. The van der Waals surface area contributed by atoms with E-state index in [2.05, 4.69) is 33.6 Å². The number of carbonyl (C=O) groups excluding carboxylic acids is 1. The summed E-state index contributed by atoms with van der Waals surface area (Å²) >= 11 is 0. The molecule has 0 radical (unpaired) electrons. The van der Waals surface area contributed by atoms with Crippen molar-refractivity contribution in [2.75, 3.05) is 32.7 Å². The molecule has 6 heteroatoms. The summed E-state index contributed by atoms with van der Waals surface area (Å²) in [6, 6.07) is 0.0738. The molecule has 0 atom stereocenters. The van der Waals surface area contributed by atoms with Gasteiger partial charge in [0.25, 0.3) is 0 Å². The molecule has 1 aromatic rings. The molecule has 6 nitrogen and oxygen atoms in total. The predicted molar refractivity (Wildman–Crippen MR) is 94.7 cm³/mol. The number of imidazole rings is 1. The highest BCUT2D eigenvalue weighted by atomic mass is 16.2. The molecule has 0 saturated carbocycles. The van der Waals surface area contributed by atoms with Gasteiger partial charge in [0.15, 0.2) is 0 Å². The number of carbonyl (C=O) groups is 1. The summed E-state index contributed by atoms with van der Waals surface area (Å²) in [6.07, 6.45) is 7.38. The van der Waals surface area contributed by atoms with E-state index in [9.17, 15) is 4.79 Å². The van der Waals surface area contributed by atoms with Crippen LogP contribution in [0.1, 0.15) is 38.8 Å². The van der Waals surface area contributed by atoms with E-state index < -0.39 is 0 Å². The molecular formula is C18H31N5O. The Morgan fingerprint density at radius 3 is 2.83 bits per heavy atom. The maximum atomic E-state index is 12.4. The number of hydrogen-bond acceptors (Lipinski definition) is 3. The second-order valence-corrected chi connectivity index (χ2v) is 7.65. The number of amides is 2. The van der Waals surface area contributed by atoms with Crippen molar-refractivity contribution in [3.8, 4) is 0 Å². The fourth-order valence-electron chi connectivity index (χ4n) is 3.56. The molecule has 134 valence electrons. The fourth-order valence-corrected chi connectivity index (χ4v) is 3.56. The van der Waals surface area contributed by atoms with Crippen molar-refractivity contribution in [2.24, 2.45) is 11.8 Å². The van der Waals surface area contributed by atoms with E-state index in [1.54, 1.807) is 0 Å². The number of likely N-dealkylation sites (tertiary alicyclic amines) is 1. The lowest BCUT2D eigenvalue weighted by atomic mass is 9.96. The number of nitrogens with zero attached hydrogens (tertiary/aromatic N) is 4. The van der Waals surface area contributed by atoms with E-state index in [0.29, 0.717) is 12.5 Å². The molecular weight excluding hydrogens is 302 g/mol. The molecule has 0 spiro atoms. The Hall–Kier alpha value is -1.56. The van der Waals surface area contributed by atoms with E-state index in [1.807, 2.05) is 17.4 Å². The smallest absolute Gasteiger partial charge is 0.317 e. The highest BCUT2D eigenvalue weighted by Gasteiger charge is 2.23. The first kappa shape index (κ1) is 17.3. The van der Waals surface area contributed by atoms with Crippen LogP contribution in [0.4, 0.5) is 4.79 Å². The van der Waals surface area contributed by atoms with Crippen LogP contribution in [-0.2, 0) is 13.1 Å². The minimum Gasteiger partial charge on any atom is -0.338 e. The average molecular weight is 333 g/mol. The molecule has 24 heavy (non-hydrogen) atoms. The molecule has 2 amide bonds. The number of nitrogens with one attached hydrogen (secondary N) is 1. The molecule has 1 fully saturated rings. The van der Waals surface area contributed by atoms with Crippen LogP contribution >= 0.6 is 0 Å². The molecule has 0 bridgehead atoms. The molecule has 0 unspecified atom stereocenters. The third-order valence-electron chi connectivity index (χ3n) is 5.32. The molecule has 1 N–H and O–H groups in total. The van der Waals surface area contributed by atoms with Crippen LogP contribution in [-0.4, -0.2) is 58.1 Å². The normalized spacial score (nSPS) is 19.5. The summed E-state index contributed by atoms with van der Waals surface area (Å²) in [5.74, 6) is 1.41. The quantitative estimate of drug-likeness (QED) is 0.898. The number of hydrogen-bond donors (Lipinski definition) is 1. The molecule has 3 heterocycles. The van der Waals surface area contributed by atoms with E-state index in [-0.39, 0.29) is 6.03 Å². The van der Waals surface area contributed by atoms with Gasteiger partial charge >= 0.3 is 6.03 Å². The van der Waals surface area contributed by atoms with Gasteiger partial charge in [0, 0.05) is 25.8 Å². The van der Waals surface area contributed by atoms with Crippen LogP contribution in [0, 0.1) is 11.8 Å². The minimum atomic E-state index is 0.0738. The Kier molecular flexibility index (Phi) is 5.76. The summed E-state index contributed by atoms with van der Waals surface area (Å²) in [4.78, 5) is 21.0. The number of fused-ring (bicyclic) bond motifs is 1. The van der Waals surface area contributed by atoms with Gasteiger partial charge < -0.3 is 19.7 Å². The van der Waals surface area contributed by atoms with Gasteiger partial charge in [-0.25, -0.2) is 9.78 Å². The number of aromatic nitrogens is 2. The first-order chi connectivity index (χ1) is 11.6. The predicted octanol–water partition coefficient (Wildman–Crippen LogP) is 2.17. The first-order valence-electron chi connectivity index (χ1n) is 9.36. The molecule has 2 aliphatic rings. The lowest BCUT2D eigenvalue weighted by molar-refractivity contribution is 0.163. The number of rotatable bonds is 5. The zero-order valence-corrected chi connectivity index (χ0v) is 15.1. The standard InChI is InChI=1S/C18H31N5O/c1-15(2)3-6-21-7-4-16(5-8-21)11-20-18(24)22-9-10-23-14-19-12-17(23)13-22/h12,14-16H,3-11,13H2,1-2H3,(H,20,24). The van der Waals surface area contributed by atoms with Crippen molar-refractivity contribution < 1.29 is 4.79 Å². The van der Waals surface area contributed by atoms with Crippen molar-refractivity contribution in [2.45, 2.75) is 46.2 Å². The first-order valence-corrected chi connectivity index (χ1v) is 9.36. The van der Waals surface area contributed by atoms with E-state index in [0.717, 1.165) is 31.2 Å². The molecule has 1 saturated heterocycles. The van der Waals surface area contributed by atoms with Gasteiger partial charge in [-0.1, -0.05) is 13.8 Å².